The SMILES string of the molecule is N#Cc1cc(C=O)ccc1-n1nc[nH]1. The summed E-state index contributed by atoms with van der Waals surface area (Å²) in [7, 11) is 0. The summed E-state index contributed by atoms with van der Waals surface area (Å²) in [4.78, 5) is 11.9. The van der Waals surface area contributed by atoms with Crippen LogP contribution in [0.15, 0.2) is 24.5 Å². The summed E-state index contributed by atoms with van der Waals surface area (Å²) in [5.74, 6) is 0. The first-order valence-electron chi connectivity index (χ1n) is 3.93. The molecule has 0 unspecified atom stereocenters. The van der Waals surface area contributed by atoms with Crippen LogP contribution in [0.4, 0.5) is 0 Å². The van der Waals surface area contributed by atoms with Gasteiger partial charge >= 0.3 is 0 Å². The van der Waals surface area contributed by atoms with Crippen LogP contribution in [0.25, 0.3) is 5.69 Å². The van der Waals surface area contributed by atoms with Gasteiger partial charge in [-0.25, -0.2) is 0 Å². The molecule has 5 heteroatoms. The molecule has 0 spiro atoms. The van der Waals surface area contributed by atoms with Gasteiger partial charge in [0.15, 0.2) is 0 Å². The average Bonchev–Trinajstić information content (AvgIpc) is 2.16. The number of hydrogen-bond donors (Lipinski definition) is 1. The Balaban J connectivity index is 2.55. The van der Waals surface area contributed by atoms with Gasteiger partial charge in [-0.1, -0.05) is 0 Å². The van der Waals surface area contributed by atoms with Crippen LogP contribution in [-0.2, 0) is 0 Å². The van der Waals surface area contributed by atoms with Crippen LogP contribution in [0.3, 0.4) is 0 Å². The minimum Gasteiger partial charge on any atom is -0.298 e. The van der Waals surface area contributed by atoms with E-state index in [0.717, 1.165) is 0 Å². The number of nitrogens with one attached hydrogen (secondary N) is 1. The Morgan fingerprint density at radius 3 is 2.86 bits per heavy atom. The monoisotopic (exact) mass is 186 g/mol. The molecule has 0 saturated carbocycles. The summed E-state index contributed by atoms with van der Waals surface area (Å²) in [5, 5.41) is 15.5. The predicted octanol–water partition coefficient (Wildman–Crippen LogP) is 0.885. The fourth-order valence-electron chi connectivity index (χ4n) is 1.15. The Bertz CT molecular complexity index is 494. The highest BCUT2D eigenvalue weighted by molar-refractivity contribution is 5.76. The third-order valence-electron chi connectivity index (χ3n) is 1.86. The van der Waals surface area contributed by atoms with E-state index in [2.05, 4.69) is 10.2 Å². The molecule has 68 valence electrons. The lowest BCUT2D eigenvalue weighted by atomic mass is 10.1. The van der Waals surface area contributed by atoms with Crippen LogP contribution >= 0.6 is 0 Å². The van der Waals surface area contributed by atoms with E-state index in [1.807, 2.05) is 6.07 Å². The van der Waals surface area contributed by atoms with Crippen molar-refractivity contribution in [2.75, 3.05) is 0 Å². The molecule has 2 rings (SSSR count). The van der Waals surface area contributed by atoms with Crippen molar-refractivity contribution in [2.24, 2.45) is 0 Å². The van der Waals surface area contributed by atoms with Crippen LogP contribution in [0.1, 0.15) is 15.9 Å². The lowest BCUT2D eigenvalue weighted by molar-refractivity contribution is 0.112. The molecule has 1 N–H and O–H groups in total. The van der Waals surface area contributed by atoms with Gasteiger partial charge in [-0.2, -0.15) is 10.1 Å². The van der Waals surface area contributed by atoms with Gasteiger partial charge in [-0.15, -0.1) is 5.10 Å². The normalized spacial score (nSPS) is 9.64. The van der Waals surface area contributed by atoms with Crippen molar-refractivity contribution in [1.29, 1.82) is 5.26 Å². The van der Waals surface area contributed by atoms with E-state index < -0.39 is 0 Å². The first kappa shape index (κ1) is 8.26. The zero-order valence-electron chi connectivity index (χ0n) is 7.14. The molecule has 0 aliphatic rings. The lowest BCUT2D eigenvalue weighted by Crippen LogP contribution is -2.11. The van der Waals surface area contributed by atoms with Crippen LogP contribution in [0.5, 0.6) is 0 Å². The van der Waals surface area contributed by atoms with Gasteiger partial charge < -0.3 is 0 Å². The molecule has 1 heterocycles. The van der Waals surface area contributed by atoms with Crippen LogP contribution in [-0.4, -0.2) is 21.3 Å². The maximum Gasteiger partial charge on any atom is 0.150 e. The zero-order chi connectivity index (χ0) is 9.97. The molecule has 0 atom stereocenters. The van der Waals surface area contributed by atoms with Crippen molar-refractivity contribution in [1.82, 2.24) is 15.0 Å². The number of nitrogens with zero attached hydrogens (tertiary/aromatic N) is 3. The van der Waals surface area contributed by atoms with E-state index in [-0.39, 0.29) is 0 Å². The lowest BCUT2D eigenvalue weighted by Gasteiger charge is -2.08. The number of benzene rings is 1. The molecule has 0 aliphatic carbocycles. The van der Waals surface area contributed by atoms with Gasteiger partial charge in [0, 0.05) is 5.56 Å². The topological polar surface area (TPSA) is 74.5 Å². The van der Waals surface area contributed by atoms with Gasteiger partial charge in [0.1, 0.15) is 24.4 Å². The third-order valence-corrected chi connectivity index (χ3v) is 1.86. The standard InChI is InChI=1S/C9H6N4O/c10-4-8-3-7(5-14)1-2-9(8)13-11-6-12-13/h1-3,5-6H,(H,11,12). The van der Waals surface area contributed by atoms with E-state index in [4.69, 9.17) is 5.26 Å². The van der Waals surface area contributed by atoms with Gasteiger partial charge in [-0.05, 0) is 18.2 Å². The summed E-state index contributed by atoms with van der Waals surface area (Å²) in [6.07, 6.45) is 2.21. The molecule has 0 saturated heterocycles. The maximum absolute atomic E-state index is 10.5. The number of aromatic amines is 1. The second-order valence-corrected chi connectivity index (χ2v) is 2.69. The van der Waals surface area contributed by atoms with Crippen molar-refractivity contribution < 1.29 is 4.79 Å². The van der Waals surface area contributed by atoms with Crippen molar-refractivity contribution >= 4 is 6.29 Å². The molecule has 1 aromatic carbocycles. The Morgan fingerprint density at radius 1 is 1.57 bits per heavy atom. The molecule has 0 radical (unpaired) electrons. The second-order valence-electron chi connectivity index (χ2n) is 2.69. The van der Waals surface area contributed by atoms with E-state index >= 15 is 0 Å². The number of aldehydes is 1. The Hall–Kier alpha value is -2.35. The molecule has 0 amide bonds. The molecule has 1 aromatic heterocycles. The average molecular weight is 186 g/mol. The smallest absolute Gasteiger partial charge is 0.150 e. The highest BCUT2D eigenvalue weighted by Gasteiger charge is 2.06. The minimum atomic E-state index is 0.416. The number of carbonyl (C=O) groups is 1. The van der Waals surface area contributed by atoms with E-state index in [1.54, 1.807) is 12.1 Å². The maximum atomic E-state index is 10.5. The number of rotatable bonds is 2. The Morgan fingerprint density at radius 2 is 2.36 bits per heavy atom. The molecule has 0 bridgehead atoms. The first-order chi connectivity index (χ1) is 6.85. The number of H-pyrrole nitrogens is 1. The number of nitriles is 1. The third kappa shape index (κ3) is 1.19. The second kappa shape index (κ2) is 3.18. The van der Waals surface area contributed by atoms with E-state index in [1.165, 1.54) is 17.2 Å². The molecular weight excluding hydrogens is 180 g/mol. The van der Waals surface area contributed by atoms with Gasteiger partial charge in [-0.3, -0.25) is 9.89 Å². The number of aromatic nitrogens is 3. The van der Waals surface area contributed by atoms with Crippen LogP contribution < -0.4 is 0 Å². The van der Waals surface area contributed by atoms with Crippen molar-refractivity contribution in [3.63, 3.8) is 0 Å². The van der Waals surface area contributed by atoms with E-state index in [9.17, 15) is 4.79 Å². The largest absolute Gasteiger partial charge is 0.298 e. The van der Waals surface area contributed by atoms with Crippen molar-refractivity contribution in [2.45, 2.75) is 0 Å². The fourth-order valence-corrected chi connectivity index (χ4v) is 1.15. The summed E-state index contributed by atoms with van der Waals surface area (Å²) in [6, 6.07) is 6.84. The molecule has 0 fully saturated rings. The molecule has 5 nitrogen and oxygen atoms in total. The van der Waals surface area contributed by atoms with Crippen molar-refractivity contribution in [3.8, 4) is 11.8 Å². The van der Waals surface area contributed by atoms with Crippen LogP contribution in [0.2, 0.25) is 0 Å². The quantitative estimate of drug-likeness (QED) is 0.707. The van der Waals surface area contributed by atoms with Gasteiger partial charge in [0.2, 0.25) is 0 Å². The van der Waals surface area contributed by atoms with E-state index in [0.29, 0.717) is 23.1 Å². The zero-order valence-corrected chi connectivity index (χ0v) is 7.14. The predicted molar refractivity (Wildman–Crippen MR) is 48.0 cm³/mol. The summed E-state index contributed by atoms with van der Waals surface area (Å²) in [6.45, 7) is 0. The molecule has 2 aromatic rings. The Labute approximate surface area is 79.6 Å². The minimum absolute atomic E-state index is 0.416. The Kier molecular flexibility index (Phi) is 1.88. The fraction of sp³-hybridized carbons (Fsp3) is 0. The summed E-state index contributed by atoms with van der Waals surface area (Å²) >= 11 is 0. The first-order valence-corrected chi connectivity index (χ1v) is 3.93. The number of hydrogen-bond acceptors (Lipinski definition) is 3. The van der Waals surface area contributed by atoms with Crippen LogP contribution in [0, 0.1) is 11.3 Å². The van der Waals surface area contributed by atoms with Gasteiger partial charge in [0.05, 0.1) is 5.56 Å². The van der Waals surface area contributed by atoms with Gasteiger partial charge in [0.25, 0.3) is 0 Å². The van der Waals surface area contributed by atoms with Crippen molar-refractivity contribution in [3.05, 3.63) is 35.7 Å². The molecule has 0 aliphatic heterocycles. The molecule has 14 heavy (non-hydrogen) atoms. The number of carbonyl (C=O) groups excluding carboxylic acids is 1. The molecular formula is C9H6N4O. The highest BCUT2D eigenvalue weighted by atomic mass is 16.1. The summed E-state index contributed by atoms with van der Waals surface area (Å²) < 4.78 is 0. The highest BCUT2D eigenvalue weighted by Crippen LogP contribution is 2.13. The summed E-state index contributed by atoms with van der Waals surface area (Å²) in [5.41, 5.74) is 1.54.